The van der Waals surface area contributed by atoms with Crippen molar-refractivity contribution in [3.63, 3.8) is 0 Å². The van der Waals surface area contributed by atoms with Gasteiger partial charge in [-0.15, -0.1) is 0 Å². The summed E-state index contributed by atoms with van der Waals surface area (Å²) in [6, 6.07) is 2.48. The lowest BCUT2D eigenvalue weighted by Crippen LogP contribution is -2.31. The van der Waals surface area contributed by atoms with Crippen LogP contribution in [0.25, 0.3) is 0 Å². The predicted molar refractivity (Wildman–Crippen MR) is 70.2 cm³/mol. The van der Waals surface area contributed by atoms with Crippen LogP contribution in [0, 0.1) is 0 Å². The van der Waals surface area contributed by atoms with Crippen molar-refractivity contribution in [3.05, 3.63) is 28.8 Å². The topological polar surface area (TPSA) is 58.2 Å². The maximum atomic E-state index is 12.7. The van der Waals surface area contributed by atoms with Crippen LogP contribution in [0.1, 0.15) is 12.5 Å². The molecule has 0 saturated carbocycles. The summed E-state index contributed by atoms with van der Waals surface area (Å²) in [6.45, 7) is 2.99. The molecule has 20 heavy (non-hydrogen) atoms. The first kappa shape index (κ1) is 17.2. The van der Waals surface area contributed by atoms with Crippen LogP contribution in [-0.4, -0.2) is 28.1 Å². The Labute approximate surface area is 120 Å². The van der Waals surface area contributed by atoms with Crippen LogP contribution in [-0.2, 0) is 16.2 Å². The van der Waals surface area contributed by atoms with Gasteiger partial charge in [-0.3, -0.25) is 0 Å². The summed E-state index contributed by atoms with van der Waals surface area (Å²) in [4.78, 5) is -0.467. The first-order valence-electron chi connectivity index (χ1n) is 5.75. The number of likely N-dealkylation sites (N-methyl/N-ethyl adjacent to an activating group) is 1. The highest BCUT2D eigenvalue weighted by Gasteiger charge is 2.34. The number of alkyl halides is 3. The van der Waals surface area contributed by atoms with Crippen molar-refractivity contribution >= 4 is 21.6 Å². The molecular weight excluding hydrogens is 317 g/mol. The Morgan fingerprint density at radius 3 is 2.45 bits per heavy atom. The van der Waals surface area contributed by atoms with Gasteiger partial charge in [0.05, 0.1) is 15.5 Å². The highest BCUT2D eigenvalue weighted by Crippen LogP contribution is 2.35. The monoisotopic (exact) mass is 330 g/mol. The van der Waals surface area contributed by atoms with E-state index < -0.39 is 31.7 Å². The van der Waals surface area contributed by atoms with E-state index in [4.69, 9.17) is 11.6 Å². The second-order valence-corrected chi connectivity index (χ2v) is 6.06. The first-order valence-corrected chi connectivity index (χ1v) is 7.61. The van der Waals surface area contributed by atoms with Crippen LogP contribution in [0.2, 0.25) is 5.02 Å². The third kappa shape index (κ3) is 4.62. The fourth-order valence-corrected chi connectivity index (χ4v) is 2.71. The molecule has 0 radical (unpaired) electrons. The van der Waals surface area contributed by atoms with Gasteiger partial charge in [-0.2, -0.15) is 13.2 Å². The number of rotatable bonds is 6. The Bertz CT molecular complexity index is 561. The van der Waals surface area contributed by atoms with Crippen LogP contribution < -0.4 is 10.0 Å². The Balaban J connectivity index is 2.96. The lowest BCUT2D eigenvalue weighted by molar-refractivity contribution is -0.137. The van der Waals surface area contributed by atoms with E-state index in [1.165, 1.54) is 0 Å². The van der Waals surface area contributed by atoms with E-state index >= 15 is 0 Å². The summed E-state index contributed by atoms with van der Waals surface area (Å²) < 4.78 is 63.9. The Morgan fingerprint density at radius 2 is 1.90 bits per heavy atom. The third-order valence-electron chi connectivity index (χ3n) is 2.40. The molecule has 4 nitrogen and oxygen atoms in total. The zero-order valence-corrected chi connectivity index (χ0v) is 12.2. The average molecular weight is 331 g/mol. The molecule has 9 heteroatoms. The molecule has 114 valence electrons. The molecule has 0 aliphatic heterocycles. The molecule has 0 atom stereocenters. The normalized spacial score (nSPS) is 12.7. The molecule has 0 spiro atoms. The van der Waals surface area contributed by atoms with E-state index in [-0.39, 0.29) is 6.54 Å². The van der Waals surface area contributed by atoms with E-state index in [0.29, 0.717) is 19.2 Å². The minimum atomic E-state index is -4.70. The zero-order chi connectivity index (χ0) is 15.4. The highest BCUT2D eigenvalue weighted by molar-refractivity contribution is 7.89. The SMILES string of the molecule is CCNCCNS(=O)(=O)c1ccc(Cl)c(C(F)(F)F)c1. The number of hydrogen-bond donors (Lipinski definition) is 2. The highest BCUT2D eigenvalue weighted by atomic mass is 35.5. The van der Waals surface area contributed by atoms with Gasteiger partial charge >= 0.3 is 6.18 Å². The molecule has 0 saturated heterocycles. The van der Waals surface area contributed by atoms with Crippen LogP contribution in [0.15, 0.2) is 23.1 Å². The van der Waals surface area contributed by atoms with Crippen molar-refractivity contribution in [2.24, 2.45) is 0 Å². The molecule has 2 N–H and O–H groups in total. The van der Waals surface area contributed by atoms with Crippen molar-refractivity contribution in [1.29, 1.82) is 0 Å². The minimum Gasteiger partial charge on any atom is -0.316 e. The fourth-order valence-electron chi connectivity index (χ4n) is 1.42. The van der Waals surface area contributed by atoms with E-state index in [1.807, 2.05) is 6.92 Å². The lowest BCUT2D eigenvalue weighted by atomic mass is 10.2. The van der Waals surface area contributed by atoms with Crippen molar-refractivity contribution in [2.75, 3.05) is 19.6 Å². The van der Waals surface area contributed by atoms with Crippen molar-refractivity contribution in [2.45, 2.75) is 18.0 Å². The molecule has 0 heterocycles. The molecule has 0 bridgehead atoms. The van der Waals surface area contributed by atoms with E-state index in [9.17, 15) is 21.6 Å². The molecule has 0 amide bonds. The van der Waals surface area contributed by atoms with E-state index in [0.717, 1.165) is 12.1 Å². The largest absolute Gasteiger partial charge is 0.417 e. The Morgan fingerprint density at radius 1 is 1.25 bits per heavy atom. The molecule has 0 unspecified atom stereocenters. The lowest BCUT2D eigenvalue weighted by Gasteiger charge is -2.12. The number of halogens is 4. The molecule has 1 rings (SSSR count). The smallest absolute Gasteiger partial charge is 0.316 e. The molecular formula is C11H14ClF3N2O2S. The third-order valence-corrected chi connectivity index (χ3v) is 4.19. The Kier molecular flexibility index (Phi) is 5.81. The number of nitrogens with one attached hydrogen (secondary N) is 2. The fraction of sp³-hybridized carbons (Fsp3) is 0.455. The van der Waals surface area contributed by atoms with Crippen LogP contribution in [0.5, 0.6) is 0 Å². The predicted octanol–water partition coefficient (Wildman–Crippen LogP) is 2.25. The van der Waals surface area contributed by atoms with Crippen LogP contribution in [0.3, 0.4) is 0 Å². The number of benzene rings is 1. The van der Waals surface area contributed by atoms with E-state index in [2.05, 4.69) is 10.0 Å². The molecule has 1 aromatic rings. The summed E-state index contributed by atoms with van der Waals surface area (Å²) >= 11 is 5.43. The summed E-state index contributed by atoms with van der Waals surface area (Å²) in [5, 5.41) is 2.35. The van der Waals surface area contributed by atoms with Gasteiger partial charge in [0.1, 0.15) is 0 Å². The molecule has 0 aliphatic rings. The van der Waals surface area contributed by atoms with Crippen molar-refractivity contribution in [3.8, 4) is 0 Å². The first-order chi connectivity index (χ1) is 9.18. The van der Waals surface area contributed by atoms with Crippen LogP contribution in [0.4, 0.5) is 13.2 Å². The number of sulfonamides is 1. The Hall–Kier alpha value is -0.830. The summed E-state index contributed by atoms with van der Waals surface area (Å²) in [6.07, 6.45) is -4.70. The van der Waals surface area contributed by atoms with Crippen molar-refractivity contribution in [1.82, 2.24) is 10.0 Å². The maximum absolute atomic E-state index is 12.7. The molecule has 1 aromatic carbocycles. The van der Waals surface area contributed by atoms with Gasteiger partial charge in [0.2, 0.25) is 10.0 Å². The van der Waals surface area contributed by atoms with Crippen LogP contribution >= 0.6 is 11.6 Å². The van der Waals surface area contributed by atoms with Gasteiger partial charge < -0.3 is 5.32 Å². The van der Waals surface area contributed by atoms with Gasteiger partial charge in [0.25, 0.3) is 0 Å². The molecule has 0 fully saturated rings. The summed E-state index contributed by atoms with van der Waals surface area (Å²) in [5.74, 6) is 0. The second-order valence-electron chi connectivity index (χ2n) is 3.89. The van der Waals surface area contributed by atoms with Crippen molar-refractivity contribution < 1.29 is 21.6 Å². The van der Waals surface area contributed by atoms with Gasteiger partial charge in [0, 0.05) is 13.1 Å². The quantitative estimate of drug-likeness (QED) is 0.787. The second kappa shape index (κ2) is 6.75. The minimum absolute atomic E-state index is 0.0835. The summed E-state index contributed by atoms with van der Waals surface area (Å²) in [5.41, 5.74) is -1.17. The average Bonchev–Trinajstić information content (AvgIpc) is 2.33. The molecule has 0 aromatic heterocycles. The number of hydrogen-bond acceptors (Lipinski definition) is 3. The molecule has 0 aliphatic carbocycles. The standard InChI is InChI=1S/C11H14ClF3N2O2S/c1-2-16-5-6-17-20(18,19)8-3-4-10(12)9(7-8)11(13,14)15/h3-4,7,16-17H,2,5-6H2,1H3. The summed E-state index contributed by atoms with van der Waals surface area (Å²) in [7, 11) is -3.99. The van der Waals surface area contributed by atoms with Gasteiger partial charge in [-0.05, 0) is 24.7 Å². The maximum Gasteiger partial charge on any atom is 0.417 e. The zero-order valence-electron chi connectivity index (χ0n) is 10.6. The van der Waals surface area contributed by atoms with Gasteiger partial charge in [0.15, 0.2) is 0 Å². The van der Waals surface area contributed by atoms with E-state index in [1.54, 1.807) is 0 Å². The van der Waals surface area contributed by atoms with Gasteiger partial charge in [-0.1, -0.05) is 18.5 Å². The van der Waals surface area contributed by atoms with Gasteiger partial charge in [-0.25, -0.2) is 13.1 Å².